The summed E-state index contributed by atoms with van der Waals surface area (Å²) in [7, 11) is 0. The Hall–Kier alpha value is -6.32. The van der Waals surface area contributed by atoms with Gasteiger partial charge >= 0.3 is 0 Å². The molecule has 264 valence electrons. The van der Waals surface area contributed by atoms with Crippen molar-refractivity contribution in [2.75, 3.05) is 4.90 Å². The molecular formula is C51H45N3. The van der Waals surface area contributed by atoms with E-state index in [0.717, 1.165) is 33.6 Å². The molecule has 7 aromatic carbocycles. The summed E-state index contributed by atoms with van der Waals surface area (Å²) in [6, 6.07) is 52.4. The minimum Gasteiger partial charge on any atom is -0.279 e. The quantitative estimate of drug-likeness (QED) is 0.148. The summed E-state index contributed by atoms with van der Waals surface area (Å²) >= 11 is 0. The molecule has 0 unspecified atom stereocenters. The molecule has 0 aliphatic carbocycles. The van der Waals surface area contributed by atoms with Gasteiger partial charge in [-0.1, -0.05) is 139 Å². The van der Waals surface area contributed by atoms with E-state index in [-0.39, 0.29) is 5.92 Å². The van der Waals surface area contributed by atoms with Crippen LogP contribution in [0.15, 0.2) is 158 Å². The number of aromatic nitrogens is 2. The Morgan fingerprint density at radius 1 is 0.463 bits per heavy atom. The number of anilines is 3. The van der Waals surface area contributed by atoms with Crippen molar-refractivity contribution in [1.82, 2.24) is 9.97 Å². The zero-order valence-corrected chi connectivity index (χ0v) is 31.9. The van der Waals surface area contributed by atoms with Crippen LogP contribution in [0, 0.1) is 41.5 Å². The minimum atomic E-state index is 0.0793. The van der Waals surface area contributed by atoms with Crippen molar-refractivity contribution in [3.8, 4) is 22.3 Å². The summed E-state index contributed by atoms with van der Waals surface area (Å²) in [5, 5.41) is 2.37. The maximum absolute atomic E-state index is 5.05. The Bertz CT molecular complexity index is 2490. The second-order valence-corrected chi connectivity index (χ2v) is 14.7. The molecule has 0 atom stereocenters. The molecule has 0 spiro atoms. The van der Waals surface area contributed by atoms with Gasteiger partial charge in [-0.15, -0.1) is 0 Å². The average Bonchev–Trinajstić information content (AvgIpc) is 3.18. The van der Waals surface area contributed by atoms with Crippen molar-refractivity contribution in [2.24, 2.45) is 0 Å². The van der Waals surface area contributed by atoms with Crippen LogP contribution in [0.3, 0.4) is 0 Å². The first-order chi connectivity index (χ1) is 26.3. The summed E-state index contributed by atoms with van der Waals surface area (Å²) in [5.74, 6) is 0.692. The lowest BCUT2D eigenvalue weighted by molar-refractivity contribution is 0.919. The van der Waals surface area contributed by atoms with Crippen LogP contribution in [-0.4, -0.2) is 9.97 Å². The van der Waals surface area contributed by atoms with Crippen molar-refractivity contribution < 1.29 is 0 Å². The Kier molecular flexibility index (Phi) is 9.40. The monoisotopic (exact) mass is 699 g/mol. The molecule has 0 saturated carbocycles. The van der Waals surface area contributed by atoms with E-state index in [2.05, 4.69) is 174 Å². The lowest BCUT2D eigenvalue weighted by Gasteiger charge is -2.29. The smallest absolute Gasteiger partial charge is 0.234 e. The Morgan fingerprint density at radius 2 is 0.963 bits per heavy atom. The van der Waals surface area contributed by atoms with E-state index < -0.39 is 0 Å². The highest BCUT2D eigenvalue weighted by Crippen LogP contribution is 2.45. The number of fused-ring (bicyclic) bond motifs is 1. The second-order valence-electron chi connectivity index (χ2n) is 14.7. The maximum Gasteiger partial charge on any atom is 0.234 e. The molecular weight excluding hydrogens is 655 g/mol. The van der Waals surface area contributed by atoms with Crippen molar-refractivity contribution in [1.29, 1.82) is 0 Å². The van der Waals surface area contributed by atoms with Gasteiger partial charge in [-0.05, 0) is 121 Å². The number of rotatable bonds is 8. The predicted octanol–water partition coefficient (Wildman–Crippen LogP) is 13.5. The van der Waals surface area contributed by atoms with Gasteiger partial charge in [-0.2, -0.15) is 0 Å². The lowest BCUT2D eigenvalue weighted by atomic mass is 9.77. The van der Waals surface area contributed by atoms with E-state index in [1.807, 2.05) is 30.6 Å². The van der Waals surface area contributed by atoms with E-state index in [4.69, 9.17) is 9.97 Å². The summed E-state index contributed by atoms with van der Waals surface area (Å²) in [5.41, 5.74) is 18.2. The molecule has 0 amide bonds. The van der Waals surface area contributed by atoms with E-state index in [9.17, 15) is 0 Å². The van der Waals surface area contributed by atoms with Crippen LogP contribution in [0.5, 0.6) is 0 Å². The fourth-order valence-corrected chi connectivity index (χ4v) is 8.52. The van der Waals surface area contributed by atoms with Gasteiger partial charge in [-0.25, -0.2) is 9.97 Å². The molecule has 0 aliphatic heterocycles. The first kappa shape index (κ1) is 34.7. The number of benzene rings is 7. The molecule has 0 aliphatic rings. The third-order valence-corrected chi connectivity index (χ3v) is 10.7. The number of hydrogen-bond donors (Lipinski definition) is 0. The molecule has 8 rings (SSSR count). The zero-order chi connectivity index (χ0) is 37.3. The summed E-state index contributed by atoms with van der Waals surface area (Å²) in [6.07, 6.45) is 3.87. The van der Waals surface area contributed by atoms with Crippen molar-refractivity contribution in [2.45, 2.75) is 47.5 Å². The molecule has 0 saturated heterocycles. The van der Waals surface area contributed by atoms with Gasteiger partial charge < -0.3 is 0 Å². The standard InChI is InChI=1S/C51H45N3/c1-33-27-35(3)47(36(4)28-33)50(48-37(5)29-34(2)30-38(48)6)42-21-24-44(25-22-42)54(51-52-31-43(32-53-51)39-15-9-7-10-16-39)46-26-23-40-17-13-14-20-45(40)49(46)41-18-11-8-12-19-41/h7-32,50H,1-6H3. The molecule has 0 radical (unpaired) electrons. The number of hydrogen-bond acceptors (Lipinski definition) is 3. The topological polar surface area (TPSA) is 29.0 Å². The van der Waals surface area contributed by atoms with Crippen molar-refractivity contribution in [3.05, 3.63) is 208 Å². The average molecular weight is 700 g/mol. The highest BCUT2D eigenvalue weighted by molar-refractivity contribution is 6.05. The number of nitrogens with zero attached hydrogens (tertiary/aromatic N) is 3. The summed E-state index contributed by atoms with van der Waals surface area (Å²) in [4.78, 5) is 12.3. The summed E-state index contributed by atoms with van der Waals surface area (Å²) < 4.78 is 0. The van der Waals surface area contributed by atoms with E-state index in [1.54, 1.807) is 0 Å². The maximum atomic E-state index is 5.05. The minimum absolute atomic E-state index is 0.0793. The second kappa shape index (κ2) is 14.6. The van der Waals surface area contributed by atoms with Gasteiger partial charge in [0.1, 0.15) is 0 Å². The Balaban J connectivity index is 1.33. The van der Waals surface area contributed by atoms with Crippen LogP contribution in [-0.2, 0) is 0 Å². The van der Waals surface area contributed by atoms with Gasteiger partial charge in [0.25, 0.3) is 0 Å². The van der Waals surface area contributed by atoms with Gasteiger partial charge in [0.05, 0.1) is 5.69 Å². The molecule has 3 nitrogen and oxygen atoms in total. The molecule has 1 aromatic heterocycles. The third kappa shape index (κ3) is 6.58. The van der Waals surface area contributed by atoms with E-state index in [1.165, 1.54) is 60.8 Å². The lowest BCUT2D eigenvalue weighted by Crippen LogP contribution is -2.15. The van der Waals surface area contributed by atoms with Crippen LogP contribution >= 0.6 is 0 Å². The molecule has 0 fully saturated rings. The molecule has 3 heteroatoms. The predicted molar refractivity (Wildman–Crippen MR) is 227 cm³/mol. The van der Waals surface area contributed by atoms with Gasteiger partial charge in [0.2, 0.25) is 5.95 Å². The molecule has 54 heavy (non-hydrogen) atoms. The highest BCUT2D eigenvalue weighted by atomic mass is 15.3. The van der Waals surface area contributed by atoms with E-state index in [0.29, 0.717) is 5.95 Å². The van der Waals surface area contributed by atoms with Crippen LogP contribution in [0.25, 0.3) is 33.0 Å². The molecule has 1 heterocycles. The molecule has 0 N–H and O–H groups in total. The number of aryl methyl sites for hydroxylation is 6. The van der Waals surface area contributed by atoms with Crippen molar-refractivity contribution in [3.63, 3.8) is 0 Å². The van der Waals surface area contributed by atoms with Gasteiger partial charge in [-0.3, -0.25) is 4.90 Å². The summed E-state index contributed by atoms with van der Waals surface area (Å²) in [6.45, 7) is 13.4. The van der Waals surface area contributed by atoms with Gasteiger partial charge in [0.15, 0.2) is 0 Å². The van der Waals surface area contributed by atoms with Crippen LogP contribution in [0.2, 0.25) is 0 Å². The fraction of sp³-hybridized carbons (Fsp3) is 0.137. The van der Waals surface area contributed by atoms with Crippen molar-refractivity contribution >= 4 is 28.1 Å². The third-order valence-electron chi connectivity index (χ3n) is 10.7. The highest BCUT2D eigenvalue weighted by Gasteiger charge is 2.26. The Labute approximate surface area is 319 Å². The zero-order valence-electron chi connectivity index (χ0n) is 31.9. The normalized spacial score (nSPS) is 11.3. The largest absolute Gasteiger partial charge is 0.279 e. The first-order valence-corrected chi connectivity index (χ1v) is 18.8. The molecule has 0 bridgehead atoms. The Morgan fingerprint density at radius 3 is 1.52 bits per heavy atom. The molecule has 8 aromatic rings. The van der Waals surface area contributed by atoms with Crippen LogP contribution in [0.1, 0.15) is 56.0 Å². The van der Waals surface area contributed by atoms with Gasteiger partial charge in [0, 0.05) is 35.1 Å². The van der Waals surface area contributed by atoms with E-state index >= 15 is 0 Å². The van der Waals surface area contributed by atoms with Crippen LogP contribution in [0.4, 0.5) is 17.3 Å². The fourth-order valence-electron chi connectivity index (χ4n) is 8.52. The first-order valence-electron chi connectivity index (χ1n) is 18.8. The van der Waals surface area contributed by atoms with Crippen LogP contribution < -0.4 is 4.90 Å². The SMILES string of the molecule is Cc1cc(C)c(C(c2ccc(N(c3ncc(-c4ccccc4)cn3)c3ccc4ccccc4c3-c3ccccc3)cc2)c2c(C)cc(C)cc2C)c(C)c1.